The van der Waals surface area contributed by atoms with Crippen LogP contribution in [-0.2, 0) is 0 Å². The van der Waals surface area contributed by atoms with Crippen LogP contribution < -0.4 is 16.8 Å². The summed E-state index contributed by atoms with van der Waals surface area (Å²) in [5.41, 5.74) is 10.6. The van der Waals surface area contributed by atoms with Crippen molar-refractivity contribution >= 4 is 29.4 Å². The lowest BCUT2D eigenvalue weighted by atomic mass is 10.3. The quantitative estimate of drug-likeness (QED) is 0.264. The molecule has 0 spiro atoms. The van der Waals surface area contributed by atoms with Gasteiger partial charge in [0.25, 0.3) is 0 Å². The van der Waals surface area contributed by atoms with Gasteiger partial charge in [-0.2, -0.15) is 13.2 Å². The number of halogens is 3. The molecule has 0 aliphatic carbocycles. The van der Waals surface area contributed by atoms with Crippen molar-refractivity contribution in [2.45, 2.75) is 24.0 Å². The Hall–Kier alpha value is -1.97. The maximum atomic E-state index is 12.0. The van der Waals surface area contributed by atoms with Gasteiger partial charge >= 0.3 is 6.18 Å². The number of amidine groups is 1. The summed E-state index contributed by atoms with van der Waals surface area (Å²) in [4.78, 5) is 7.39. The molecule has 0 bridgehead atoms. The summed E-state index contributed by atoms with van der Waals surface area (Å²) in [6.07, 6.45) is -3.13. The number of guanidine groups is 1. The third kappa shape index (κ3) is 8.35. The summed E-state index contributed by atoms with van der Waals surface area (Å²) in [5.74, 6) is 0.842. The van der Waals surface area contributed by atoms with Crippen LogP contribution >= 0.6 is 11.8 Å². The zero-order chi connectivity index (χ0) is 16.6. The molecular weight excluding hydrogens is 317 g/mol. The van der Waals surface area contributed by atoms with Gasteiger partial charge in [0.1, 0.15) is 12.4 Å². The molecule has 1 rings (SSSR count). The summed E-state index contributed by atoms with van der Waals surface area (Å²) in [7, 11) is 0. The number of hydrogen-bond acceptors (Lipinski definition) is 4. The van der Waals surface area contributed by atoms with Gasteiger partial charge in [-0.15, -0.1) is 11.8 Å². The Morgan fingerprint density at radius 1 is 1.36 bits per heavy atom. The molecule has 0 radical (unpaired) electrons. The van der Waals surface area contributed by atoms with Crippen molar-refractivity contribution in [2.75, 3.05) is 17.6 Å². The highest BCUT2D eigenvalue weighted by molar-refractivity contribution is 7.99. The first-order chi connectivity index (χ1) is 10.3. The third-order valence-electron chi connectivity index (χ3n) is 2.25. The van der Waals surface area contributed by atoms with Crippen molar-refractivity contribution in [3.05, 3.63) is 18.2 Å². The molecule has 1 aromatic heterocycles. The Kier molecular flexibility index (Phi) is 6.96. The minimum absolute atomic E-state index is 0.137. The first-order valence-corrected chi connectivity index (χ1v) is 7.31. The lowest BCUT2D eigenvalue weighted by molar-refractivity contribution is -0.118. The van der Waals surface area contributed by atoms with E-state index in [9.17, 15) is 13.2 Å². The first-order valence-electron chi connectivity index (χ1n) is 6.33. The van der Waals surface area contributed by atoms with Gasteiger partial charge in [0.05, 0.1) is 10.9 Å². The second-order valence-corrected chi connectivity index (χ2v) is 5.40. The number of aliphatic imine (C=N–C) groups is 1. The lowest BCUT2D eigenvalue weighted by Crippen LogP contribution is -2.26. The zero-order valence-corrected chi connectivity index (χ0v) is 12.5. The van der Waals surface area contributed by atoms with E-state index in [0.717, 1.165) is 12.2 Å². The number of nitrogens with two attached hydrogens (primary N) is 2. The Balaban J connectivity index is 2.51. The number of alkyl halides is 3. The third-order valence-corrected chi connectivity index (χ3v) is 3.26. The molecule has 122 valence electrons. The maximum Gasteiger partial charge on any atom is 0.408 e. The predicted molar refractivity (Wildman–Crippen MR) is 82.3 cm³/mol. The molecule has 22 heavy (non-hydrogen) atoms. The maximum absolute atomic E-state index is 12.0. The van der Waals surface area contributed by atoms with Crippen molar-refractivity contribution in [3.63, 3.8) is 0 Å². The second kappa shape index (κ2) is 8.47. The van der Waals surface area contributed by atoms with E-state index in [1.807, 2.05) is 0 Å². The normalized spacial score (nSPS) is 12.2. The van der Waals surface area contributed by atoms with Crippen molar-refractivity contribution in [1.82, 2.24) is 4.98 Å². The zero-order valence-electron chi connectivity index (χ0n) is 11.7. The van der Waals surface area contributed by atoms with Crippen LogP contribution in [0.4, 0.5) is 19.0 Å². The molecule has 0 saturated heterocycles. The average molecular weight is 334 g/mol. The summed E-state index contributed by atoms with van der Waals surface area (Å²) in [6, 6.07) is 5.06. The molecule has 10 heteroatoms. The van der Waals surface area contributed by atoms with Crippen LogP contribution in [0.1, 0.15) is 12.8 Å². The van der Waals surface area contributed by atoms with E-state index in [4.69, 9.17) is 16.9 Å². The average Bonchev–Trinajstić information content (AvgIpc) is 2.41. The van der Waals surface area contributed by atoms with Crippen LogP contribution in [0.25, 0.3) is 0 Å². The number of rotatable bonds is 7. The Bertz CT molecular complexity index is 532. The predicted octanol–water partition coefficient (Wildman–Crippen LogP) is 2.18. The van der Waals surface area contributed by atoms with Gasteiger partial charge in [-0.3, -0.25) is 5.41 Å². The SMILES string of the molecule is N=C(N)CCCSc1cccc(NC(N)=NCC(F)(F)F)n1. The van der Waals surface area contributed by atoms with Crippen LogP contribution in [0.3, 0.4) is 0 Å². The van der Waals surface area contributed by atoms with Gasteiger partial charge in [-0.05, 0) is 24.3 Å². The molecule has 1 heterocycles. The molecule has 1 aromatic rings. The lowest BCUT2D eigenvalue weighted by Gasteiger charge is -2.07. The van der Waals surface area contributed by atoms with Crippen molar-refractivity contribution in [2.24, 2.45) is 16.5 Å². The molecule has 0 fully saturated rings. The molecule has 0 unspecified atom stereocenters. The summed E-state index contributed by atoms with van der Waals surface area (Å²) < 4.78 is 36.0. The van der Waals surface area contributed by atoms with Crippen LogP contribution in [0.15, 0.2) is 28.2 Å². The number of hydrogen-bond donors (Lipinski definition) is 4. The molecule has 6 nitrogen and oxygen atoms in total. The fraction of sp³-hybridized carbons (Fsp3) is 0.417. The van der Waals surface area contributed by atoms with Crippen LogP contribution in [-0.4, -0.2) is 35.3 Å². The number of nitrogens with zero attached hydrogens (tertiary/aromatic N) is 2. The van der Waals surface area contributed by atoms with E-state index in [1.54, 1.807) is 18.2 Å². The fourth-order valence-electron chi connectivity index (χ4n) is 1.35. The topological polar surface area (TPSA) is 113 Å². The summed E-state index contributed by atoms with van der Waals surface area (Å²) in [6.45, 7) is -1.34. The van der Waals surface area contributed by atoms with Crippen LogP contribution in [0.2, 0.25) is 0 Å². The molecule has 0 amide bonds. The highest BCUT2D eigenvalue weighted by Gasteiger charge is 2.26. The van der Waals surface area contributed by atoms with E-state index < -0.39 is 12.7 Å². The van der Waals surface area contributed by atoms with E-state index in [2.05, 4.69) is 15.3 Å². The number of anilines is 1. The number of nitrogens with one attached hydrogen (secondary N) is 2. The molecular formula is C12H17F3N6S. The van der Waals surface area contributed by atoms with Gasteiger partial charge in [0.15, 0.2) is 5.96 Å². The monoisotopic (exact) mass is 334 g/mol. The molecule has 6 N–H and O–H groups in total. The molecule has 0 aromatic carbocycles. The summed E-state index contributed by atoms with van der Waals surface area (Å²) >= 11 is 1.46. The second-order valence-electron chi connectivity index (χ2n) is 4.28. The van der Waals surface area contributed by atoms with E-state index >= 15 is 0 Å². The molecule has 0 saturated carbocycles. The van der Waals surface area contributed by atoms with Gasteiger partial charge in [0.2, 0.25) is 0 Å². The Labute approximate surface area is 130 Å². The highest BCUT2D eigenvalue weighted by atomic mass is 32.2. The van der Waals surface area contributed by atoms with Crippen molar-refractivity contribution in [1.29, 1.82) is 5.41 Å². The number of pyridine rings is 1. The highest BCUT2D eigenvalue weighted by Crippen LogP contribution is 2.19. The van der Waals surface area contributed by atoms with Gasteiger partial charge in [0, 0.05) is 6.42 Å². The molecule has 0 aliphatic rings. The van der Waals surface area contributed by atoms with E-state index in [1.165, 1.54) is 11.8 Å². The van der Waals surface area contributed by atoms with Crippen molar-refractivity contribution < 1.29 is 13.2 Å². The Morgan fingerprint density at radius 3 is 2.73 bits per heavy atom. The number of thioether (sulfide) groups is 1. The van der Waals surface area contributed by atoms with E-state index in [-0.39, 0.29) is 11.8 Å². The first kappa shape index (κ1) is 18.1. The van der Waals surface area contributed by atoms with Crippen LogP contribution in [0, 0.1) is 5.41 Å². The summed E-state index contributed by atoms with van der Waals surface area (Å²) in [5, 5.41) is 10.3. The molecule has 0 aliphatic heterocycles. The molecule has 0 atom stereocenters. The largest absolute Gasteiger partial charge is 0.408 e. The number of aromatic nitrogens is 1. The van der Waals surface area contributed by atoms with Gasteiger partial charge < -0.3 is 16.8 Å². The van der Waals surface area contributed by atoms with Crippen molar-refractivity contribution in [3.8, 4) is 0 Å². The van der Waals surface area contributed by atoms with Gasteiger partial charge in [-0.25, -0.2) is 9.98 Å². The van der Waals surface area contributed by atoms with E-state index in [0.29, 0.717) is 17.3 Å². The minimum Gasteiger partial charge on any atom is -0.388 e. The smallest absolute Gasteiger partial charge is 0.388 e. The standard InChI is InChI=1S/C12H17F3N6S/c13-12(14,15)7-19-11(18)21-9-4-1-5-10(20-9)22-6-2-3-8(16)17/h1,4-5H,2-3,6-7H2,(H3,16,17)(H3,18,19,20,21). The van der Waals surface area contributed by atoms with Gasteiger partial charge in [-0.1, -0.05) is 6.07 Å². The van der Waals surface area contributed by atoms with Crippen LogP contribution in [0.5, 0.6) is 0 Å². The minimum atomic E-state index is -4.39. The Morgan fingerprint density at radius 2 is 2.09 bits per heavy atom. The fourth-order valence-corrected chi connectivity index (χ4v) is 2.19.